The van der Waals surface area contributed by atoms with Crippen molar-refractivity contribution in [2.24, 2.45) is 0 Å². The maximum atomic E-state index is 6.78. The first-order valence-corrected chi connectivity index (χ1v) is 16.0. The second-order valence-corrected chi connectivity index (χ2v) is 11.5. The molecule has 0 aromatic heterocycles. The zero-order valence-corrected chi connectivity index (χ0v) is 26.0. The van der Waals surface area contributed by atoms with E-state index >= 15 is 0 Å². The van der Waals surface area contributed by atoms with Crippen molar-refractivity contribution in [1.82, 2.24) is 0 Å². The Bertz CT molecular complexity index is 1450. The summed E-state index contributed by atoms with van der Waals surface area (Å²) in [4.78, 5) is 0. The summed E-state index contributed by atoms with van der Waals surface area (Å²) in [5.74, 6) is -1.48. The van der Waals surface area contributed by atoms with E-state index in [2.05, 4.69) is 6.58 Å². The lowest BCUT2D eigenvalue weighted by Crippen LogP contribution is -2.59. The van der Waals surface area contributed by atoms with Gasteiger partial charge in [-0.3, -0.25) is 4.74 Å². The molecule has 0 aliphatic carbocycles. The molecule has 2 heterocycles. The Morgan fingerprint density at radius 1 is 0.652 bits per heavy atom. The quantitative estimate of drug-likeness (QED) is 0.0959. The molecule has 6 atom stereocenters. The molecule has 6 rings (SSSR count). The monoisotopic (exact) mass is 622 g/mol. The van der Waals surface area contributed by atoms with Crippen molar-refractivity contribution < 1.29 is 33.2 Å². The van der Waals surface area contributed by atoms with Crippen LogP contribution in [0.5, 0.6) is 0 Å². The van der Waals surface area contributed by atoms with Gasteiger partial charge in [-0.1, -0.05) is 127 Å². The molecule has 2 aliphatic rings. The number of unbranched alkanes of at least 4 members (excludes halogenated alkanes) is 1. The van der Waals surface area contributed by atoms with Crippen LogP contribution in [0.15, 0.2) is 134 Å². The molecule has 4 aromatic carbocycles. The number of ether oxygens (including phenoxy) is 7. The minimum absolute atomic E-state index is 0.269. The molecule has 240 valence electrons. The molecule has 0 amide bonds. The summed E-state index contributed by atoms with van der Waals surface area (Å²) in [5, 5.41) is 0. The van der Waals surface area contributed by atoms with E-state index in [1.165, 1.54) is 0 Å². The lowest BCUT2D eigenvalue weighted by Gasteiger charge is -2.42. The fraction of sp³-hybridized carbons (Fsp3) is 0.333. The SMILES string of the molecule is C=CCCCOC1(c2ccccc2)OC2[C@@H](OC(COCc3ccccc3)[C@@H](OCc3ccccc3)[C@@H]2OCc2ccccc2)O1. The second kappa shape index (κ2) is 16.3. The van der Waals surface area contributed by atoms with E-state index in [-0.39, 0.29) is 6.61 Å². The van der Waals surface area contributed by atoms with Gasteiger partial charge >= 0.3 is 5.97 Å². The number of hydrogen-bond acceptors (Lipinski definition) is 7. The van der Waals surface area contributed by atoms with Gasteiger partial charge in [0.1, 0.15) is 24.4 Å². The van der Waals surface area contributed by atoms with Gasteiger partial charge in [-0.25, -0.2) is 0 Å². The van der Waals surface area contributed by atoms with E-state index in [0.717, 1.165) is 35.1 Å². The van der Waals surface area contributed by atoms with Gasteiger partial charge in [0.2, 0.25) is 0 Å². The van der Waals surface area contributed by atoms with Crippen LogP contribution in [0.1, 0.15) is 35.1 Å². The predicted octanol–water partition coefficient (Wildman–Crippen LogP) is 7.31. The molecule has 0 N–H and O–H groups in total. The molecular weight excluding hydrogens is 580 g/mol. The lowest BCUT2D eigenvalue weighted by atomic mass is 9.98. The standard InChI is InChI=1S/C39H42O7/c1-2-3-16-25-43-39(33-23-14-7-15-24-33)45-37-36(42-28-32-21-12-6-13-22-32)35(41-27-31-19-10-5-11-20-31)34(44-38(37)46-39)29-40-26-30-17-8-4-9-18-30/h2,4-15,17-24,34-38H,1,3,16,25-29H2/t34?,35-,36+,37?,38+,39?/m1/s1. The second-order valence-electron chi connectivity index (χ2n) is 11.5. The summed E-state index contributed by atoms with van der Waals surface area (Å²) in [5.41, 5.74) is 3.90. The Morgan fingerprint density at radius 2 is 1.20 bits per heavy atom. The fourth-order valence-electron chi connectivity index (χ4n) is 5.75. The maximum absolute atomic E-state index is 6.78. The van der Waals surface area contributed by atoms with E-state index in [1.54, 1.807) is 0 Å². The Hall–Kier alpha value is -3.66. The Kier molecular flexibility index (Phi) is 11.4. The largest absolute Gasteiger partial charge is 0.374 e. The number of hydrogen-bond donors (Lipinski definition) is 0. The molecule has 4 aromatic rings. The van der Waals surface area contributed by atoms with Gasteiger partial charge in [0.05, 0.1) is 33.0 Å². The summed E-state index contributed by atoms with van der Waals surface area (Å²) < 4.78 is 46.1. The fourth-order valence-corrected chi connectivity index (χ4v) is 5.75. The van der Waals surface area contributed by atoms with Gasteiger partial charge in [-0.2, -0.15) is 0 Å². The van der Waals surface area contributed by atoms with Crippen LogP contribution >= 0.6 is 0 Å². The van der Waals surface area contributed by atoms with Gasteiger partial charge in [-0.15, -0.1) is 6.58 Å². The highest BCUT2D eigenvalue weighted by molar-refractivity contribution is 5.20. The van der Waals surface area contributed by atoms with Crippen LogP contribution in [0.4, 0.5) is 0 Å². The molecular formula is C39H42O7. The molecule has 0 spiro atoms. The van der Waals surface area contributed by atoms with Crippen molar-refractivity contribution in [2.75, 3.05) is 13.2 Å². The highest BCUT2D eigenvalue weighted by Crippen LogP contribution is 2.45. The average molecular weight is 623 g/mol. The first-order chi connectivity index (χ1) is 22.7. The first-order valence-electron chi connectivity index (χ1n) is 16.0. The van der Waals surface area contributed by atoms with Gasteiger partial charge in [0.15, 0.2) is 6.29 Å². The smallest absolute Gasteiger partial charge is 0.314 e. The van der Waals surface area contributed by atoms with Crippen LogP contribution in [0.3, 0.4) is 0 Å². The van der Waals surface area contributed by atoms with E-state index in [1.807, 2.05) is 127 Å². The summed E-state index contributed by atoms with van der Waals surface area (Å²) in [6, 6.07) is 39.9. The highest BCUT2D eigenvalue weighted by atomic mass is 16.9. The van der Waals surface area contributed by atoms with Gasteiger partial charge < -0.3 is 28.4 Å². The predicted molar refractivity (Wildman–Crippen MR) is 174 cm³/mol. The Labute approximate surface area is 271 Å². The minimum Gasteiger partial charge on any atom is -0.374 e. The molecule has 0 radical (unpaired) electrons. The summed E-state index contributed by atoms with van der Waals surface area (Å²) in [6.07, 6.45) is 0.426. The first kappa shape index (κ1) is 32.3. The molecule has 3 unspecified atom stereocenters. The average Bonchev–Trinajstić information content (AvgIpc) is 3.49. The van der Waals surface area contributed by atoms with Crippen LogP contribution in [-0.2, 0) is 59.0 Å². The molecule has 0 saturated carbocycles. The molecule has 0 bridgehead atoms. The maximum Gasteiger partial charge on any atom is 0.314 e. The number of rotatable bonds is 16. The summed E-state index contributed by atoms with van der Waals surface area (Å²) >= 11 is 0. The third kappa shape index (κ3) is 8.18. The van der Waals surface area contributed by atoms with Crippen LogP contribution in [0.2, 0.25) is 0 Å². The normalized spacial score (nSPS) is 25.6. The van der Waals surface area contributed by atoms with E-state index < -0.39 is 36.7 Å². The third-order valence-corrected chi connectivity index (χ3v) is 8.09. The summed E-state index contributed by atoms with van der Waals surface area (Å²) in [7, 11) is 0. The summed E-state index contributed by atoms with van der Waals surface area (Å²) in [6.45, 7) is 5.69. The van der Waals surface area contributed by atoms with Crippen molar-refractivity contribution in [3.05, 3.63) is 156 Å². The lowest BCUT2D eigenvalue weighted by molar-refractivity contribution is -0.367. The zero-order valence-electron chi connectivity index (χ0n) is 26.0. The Balaban J connectivity index is 1.30. The van der Waals surface area contributed by atoms with Crippen LogP contribution in [0.25, 0.3) is 0 Å². The molecule has 7 heteroatoms. The highest BCUT2D eigenvalue weighted by Gasteiger charge is 2.60. The van der Waals surface area contributed by atoms with Crippen molar-refractivity contribution in [3.8, 4) is 0 Å². The third-order valence-electron chi connectivity index (χ3n) is 8.09. The van der Waals surface area contributed by atoms with Gasteiger partial charge in [0.25, 0.3) is 0 Å². The molecule has 7 nitrogen and oxygen atoms in total. The van der Waals surface area contributed by atoms with Crippen molar-refractivity contribution in [1.29, 1.82) is 0 Å². The van der Waals surface area contributed by atoms with Crippen LogP contribution in [-0.4, -0.2) is 43.9 Å². The van der Waals surface area contributed by atoms with E-state index in [0.29, 0.717) is 26.4 Å². The number of allylic oxidation sites excluding steroid dienone is 1. The minimum atomic E-state index is -1.48. The topological polar surface area (TPSA) is 64.6 Å². The Morgan fingerprint density at radius 3 is 1.78 bits per heavy atom. The molecule has 2 saturated heterocycles. The van der Waals surface area contributed by atoms with E-state index in [4.69, 9.17) is 33.2 Å². The zero-order chi connectivity index (χ0) is 31.4. The van der Waals surface area contributed by atoms with Gasteiger partial charge in [0, 0.05) is 5.56 Å². The van der Waals surface area contributed by atoms with Crippen molar-refractivity contribution >= 4 is 0 Å². The molecule has 46 heavy (non-hydrogen) atoms. The number of fused-ring (bicyclic) bond motifs is 1. The van der Waals surface area contributed by atoms with Crippen molar-refractivity contribution in [3.63, 3.8) is 0 Å². The van der Waals surface area contributed by atoms with Gasteiger partial charge in [-0.05, 0) is 29.5 Å². The van der Waals surface area contributed by atoms with Crippen molar-refractivity contribution in [2.45, 2.75) is 69.3 Å². The van der Waals surface area contributed by atoms with E-state index in [9.17, 15) is 0 Å². The molecule has 2 aliphatic heterocycles. The molecule has 2 fully saturated rings. The van der Waals surface area contributed by atoms with Crippen LogP contribution < -0.4 is 0 Å². The number of benzene rings is 4. The van der Waals surface area contributed by atoms with Crippen LogP contribution in [0, 0.1) is 0 Å².